The first-order valence-corrected chi connectivity index (χ1v) is 9.97. The summed E-state index contributed by atoms with van der Waals surface area (Å²) >= 11 is 0. The molecule has 0 saturated heterocycles. The van der Waals surface area contributed by atoms with Gasteiger partial charge in [-0.25, -0.2) is 18.9 Å². The number of methoxy groups -OCH3 is 1. The fourth-order valence-electron chi connectivity index (χ4n) is 3.34. The largest absolute Gasteiger partial charge is 0.494 e. The fraction of sp³-hybridized carbons (Fsp3) is 0.167. The predicted molar refractivity (Wildman–Crippen MR) is 116 cm³/mol. The van der Waals surface area contributed by atoms with Gasteiger partial charge in [0, 0.05) is 17.7 Å². The molecule has 4 aromatic rings. The Hall–Kier alpha value is -4.07. The van der Waals surface area contributed by atoms with Gasteiger partial charge in [0.2, 0.25) is 0 Å². The Labute approximate surface area is 183 Å². The minimum Gasteiger partial charge on any atom is -0.494 e. The highest BCUT2D eigenvalue weighted by Gasteiger charge is 2.20. The second kappa shape index (κ2) is 8.97. The van der Waals surface area contributed by atoms with Crippen LogP contribution in [0.2, 0.25) is 0 Å². The lowest BCUT2D eigenvalue weighted by molar-refractivity contribution is 0.0476. The lowest BCUT2D eigenvalue weighted by Crippen LogP contribution is -2.15. The summed E-state index contributed by atoms with van der Waals surface area (Å²) in [6, 6.07) is 14.9. The first-order chi connectivity index (χ1) is 15.5. The minimum absolute atomic E-state index is 0.0269. The SMILES string of the molecule is CCn1ncc2c(C(=O)OCC(=O)c3ccc(OC)c(F)c3)cc(-c3ccccc3)nc21. The number of pyridine rings is 1. The number of aryl methyl sites for hydroxylation is 1. The molecule has 0 aliphatic carbocycles. The van der Waals surface area contributed by atoms with Crippen molar-refractivity contribution in [3.63, 3.8) is 0 Å². The van der Waals surface area contributed by atoms with E-state index in [0.717, 1.165) is 11.6 Å². The van der Waals surface area contributed by atoms with Crippen LogP contribution in [0, 0.1) is 5.82 Å². The van der Waals surface area contributed by atoms with E-state index in [9.17, 15) is 14.0 Å². The number of halogens is 1. The second-order valence-electron chi connectivity index (χ2n) is 6.97. The molecule has 0 amide bonds. The molecule has 0 fully saturated rings. The minimum atomic E-state index is -0.687. The maximum absolute atomic E-state index is 13.9. The van der Waals surface area contributed by atoms with Crippen LogP contribution in [0.25, 0.3) is 22.3 Å². The van der Waals surface area contributed by atoms with Gasteiger partial charge in [0.05, 0.1) is 30.0 Å². The van der Waals surface area contributed by atoms with E-state index in [1.165, 1.54) is 19.2 Å². The van der Waals surface area contributed by atoms with E-state index >= 15 is 0 Å². The molecule has 0 unspecified atom stereocenters. The predicted octanol–water partition coefficient (Wildman–Crippen LogP) is 4.31. The van der Waals surface area contributed by atoms with Crippen LogP contribution in [0.5, 0.6) is 5.75 Å². The van der Waals surface area contributed by atoms with Gasteiger partial charge in [0.25, 0.3) is 0 Å². The number of carbonyl (C=O) groups excluding carboxylic acids is 2. The number of esters is 1. The lowest BCUT2D eigenvalue weighted by Gasteiger charge is -2.09. The molecule has 162 valence electrons. The molecule has 0 saturated carbocycles. The van der Waals surface area contributed by atoms with Gasteiger partial charge in [-0.05, 0) is 31.2 Å². The number of Topliss-reactive ketones (excluding diaryl/α,β-unsaturated/α-hetero) is 1. The topological polar surface area (TPSA) is 83.3 Å². The first-order valence-electron chi connectivity index (χ1n) is 9.97. The van der Waals surface area contributed by atoms with Crippen molar-refractivity contribution < 1.29 is 23.5 Å². The van der Waals surface area contributed by atoms with Gasteiger partial charge in [-0.3, -0.25) is 4.79 Å². The number of carbonyl (C=O) groups is 2. The molecule has 0 radical (unpaired) electrons. The smallest absolute Gasteiger partial charge is 0.339 e. The summed E-state index contributed by atoms with van der Waals surface area (Å²) in [6.45, 7) is 1.97. The number of fused-ring (bicyclic) bond motifs is 1. The Bertz CT molecular complexity index is 1300. The quantitative estimate of drug-likeness (QED) is 0.319. The summed E-state index contributed by atoms with van der Waals surface area (Å²) in [6.07, 6.45) is 1.55. The summed E-state index contributed by atoms with van der Waals surface area (Å²) in [7, 11) is 1.33. The maximum atomic E-state index is 13.9. The molecule has 0 aliphatic heterocycles. The van der Waals surface area contributed by atoms with E-state index in [4.69, 9.17) is 9.47 Å². The number of rotatable bonds is 7. The Kier molecular flexibility index (Phi) is 5.93. The van der Waals surface area contributed by atoms with E-state index in [1.54, 1.807) is 16.9 Å². The van der Waals surface area contributed by atoms with Crippen LogP contribution in [0.15, 0.2) is 60.8 Å². The first kappa shape index (κ1) is 21.2. The van der Waals surface area contributed by atoms with Crippen molar-refractivity contribution in [3.8, 4) is 17.0 Å². The van der Waals surface area contributed by atoms with E-state index in [2.05, 4.69) is 10.1 Å². The number of benzene rings is 2. The summed E-state index contributed by atoms with van der Waals surface area (Å²) in [5, 5.41) is 4.81. The molecule has 2 aromatic carbocycles. The molecule has 8 heteroatoms. The Morgan fingerprint density at radius 3 is 2.56 bits per heavy atom. The van der Waals surface area contributed by atoms with Gasteiger partial charge >= 0.3 is 5.97 Å². The third-order valence-corrected chi connectivity index (χ3v) is 5.01. The van der Waals surface area contributed by atoms with E-state index in [-0.39, 0.29) is 16.9 Å². The average molecular weight is 433 g/mol. The highest BCUT2D eigenvalue weighted by molar-refractivity contribution is 6.05. The molecule has 4 rings (SSSR count). The monoisotopic (exact) mass is 433 g/mol. The summed E-state index contributed by atoms with van der Waals surface area (Å²) in [5.41, 5.74) is 2.30. The highest BCUT2D eigenvalue weighted by atomic mass is 19.1. The number of ether oxygens (including phenoxy) is 2. The van der Waals surface area contributed by atoms with Crippen LogP contribution in [-0.4, -0.2) is 40.2 Å². The van der Waals surface area contributed by atoms with Crippen molar-refractivity contribution in [2.75, 3.05) is 13.7 Å². The Morgan fingerprint density at radius 1 is 1.09 bits per heavy atom. The van der Waals surface area contributed by atoms with Crippen LogP contribution in [-0.2, 0) is 11.3 Å². The molecule has 0 atom stereocenters. The zero-order valence-corrected chi connectivity index (χ0v) is 17.5. The van der Waals surface area contributed by atoms with Crippen molar-refractivity contribution in [1.29, 1.82) is 0 Å². The molecule has 7 nitrogen and oxygen atoms in total. The fourth-order valence-corrected chi connectivity index (χ4v) is 3.34. The number of aromatic nitrogens is 3. The van der Waals surface area contributed by atoms with E-state index in [0.29, 0.717) is 23.3 Å². The summed E-state index contributed by atoms with van der Waals surface area (Å²) in [5.74, 6) is -1.86. The summed E-state index contributed by atoms with van der Waals surface area (Å²) in [4.78, 5) is 30.0. The van der Waals surface area contributed by atoms with Crippen molar-refractivity contribution in [2.24, 2.45) is 0 Å². The van der Waals surface area contributed by atoms with Crippen LogP contribution in [0.1, 0.15) is 27.6 Å². The molecule has 2 aromatic heterocycles. The number of hydrogen-bond donors (Lipinski definition) is 0. The van der Waals surface area contributed by atoms with Crippen LogP contribution < -0.4 is 4.74 Å². The molecule has 0 spiro atoms. The molecule has 0 N–H and O–H groups in total. The zero-order valence-electron chi connectivity index (χ0n) is 17.5. The molecule has 0 bridgehead atoms. The standard InChI is InChI=1S/C24H20FN3O4/c1-3-28-23-18(13-26-28)17(12-20(27-23)15-7-5-4-6-8-15)24(30)32-14-21(29)16-9-10-22(31-2)19(25)11-16/h4-13H,3,14H2,1-2H3. The normalized spacial score (nSPS) is 10.8. The van der Waals surface area contributed by atoms with Crippen molar-refractivity contribution in [3.05, 3.63) is 77.7 Å². The zero-order chi connectivity index (χ0) is 22.7. The number of ketones is 1. The molecule has 2 heterocycles. The second-order valence-corrected chi connectivity index (χ2v) is 6.97. The number of hydrogen-bond acceptors (Lipinski definition) is 6. The van der Waals surface area contributed by atoms with Gasteiger partial charge < -0.3 is 9.47 Å². The van der Waals surface area contributed by atoms with Gasteiger partial charge in [0.1, 0.15) is 0 Å². The molecular formula is C24H20FN3O4. The molecular weight excluding hydrogens is 413 g/mol. The van der Waals surface area contributed by atoms with Gasteiger partial charge in [-0.15, -0.1) is 0 Å². The lowest BCUT2D eigenvalue weighted by atomic mass is 10.1. The summed E-state index contributed by atoms with van der Waals surface area (Å²) < 4.78 is 25.7. The van der Waals surface area contributed by atoms with Gasteiger partial charge in [0.15, 0.2) is 29.6 Å². The third kappa shape index (κ3) is 4.07. The van der Waals surface area contributed by atoms with Crippen LogP contribution in [0.4, 0.5) is 4.39 Å². The highest BCUT2D eigenvalue weighted by Crippen LogP contribution is 2.25. The molecule has 32 heavy (non-hydrogen) atoms. The van der Waals surface area contributed by atoms with Gasteiger partial charge in [-0.2, -0.15) is 5.10 Å². The van der Waals surface area contributed by atoms with Crippen molar-refractivity contribution >= 4 is 22.8 Å². The van der Waals surface area contributed by atoms with E-state index in [1.807, 2.05) is 37.3 Å². The average Bonchev–Trinajstić information content (AvgIpc) is 3.25. The maximum Gasteiger partial charge on any atom is 0.339 e. The molecule has 0 aliphatic rings. The van der Waals surface area contributed by atoms with E-state index < -0.39 is 24.2 Å². The van der Waals surface area contributed by atoms with Crippen LogP contribution in [0.3, 0.4) is 0 Å². The van der Waals surface area contributed by atoms with Crippen molar-refractivity contribution in [2.45, 2.75) is 13.5 Å². The van der Waals surface area contributed by atoms with Crippen molar-refractivity contribution in [1.82, 2.24) is 14.8 Å². The Morgan fingerprint density at radius 2 is 1.88 bits per heavy atom. The number of nitrogens with zero attached hydrogens (tertiary/aromatic N) is 3. The van der Waals surface area contributed by atoms with Gasteiger partial charge in [-0.1, -0.05) is 30.3 Å². The van der Waals surface area contributed by atoms with Crippen LogP contribution >= 0.6 is 0 Å². The third-order valence-electron chi connectivity index (χ3n) is 5.01. The Balaban J connectivity index is 1.62.